The second kappa shape index (κ2) is 7.80. The number of rotatable bonds is 7. The molecular weight excluding hydrogens is 284 g/mol. The Morgan fingerprint density at radius 3 is 2.38 bits per heavy atom. The SMILES string of the molecule is CCCS(=O)(=O)c1ccc(NCCN2CCCCC2)cc1. The van der Waals surface area contributed by atoms with Gasteiger partial charge in [0.2, 0.25) is 0 Å². The molecule has 0 bridgehead atoms. The molecule has 1 N–H and O–H groups in total. The van der Waals surface area contributed by atoms with Gasteiger partial charge in [-0.1, -0.05) is 13.3 Å². The van der Waals surface area contributed by atoms with Gasteiger partial charge in [-0.25, -0.2) is 8.42 Å². The molecule has 5 heteroatoms. The van der Waals surface area contributed by atoms with Crippen LogP contribution in [0.25, 0.3) is 0 Å². The highest BCUT2D eigenvalue weighted by Gasteiger charge is 2.12. The fourth-order valence-electron chi connectivity index (χ4n) is 2.71. The lowest BCUT2D eigenvalue weighted by Gasteiger charge is -2.26. The van der Waals surface area contributed by atoms with Crippen molar-refractivity contribution in [2.45, 2.75) is 37.5 Å². The lowest BCUT2D eigenvalue weighted by molar-refractivity contribution is 0.237. The van der Waals surface area contributed by atoms with E-state index in [1.165, 1.54) is 32.4 Å². The molecule has 0 saturated carbocycles. The molecule has 0 amide bonds. The first kappa shape index (κ1) is 16.3. The van der Waals surface area contributed by atoms with Crippen LogP contribution in [0, 0.1) is 0 Å². The van der Waals surface area contributed by atoms with Crippen molar-refractivity contribution in [2.24, 2.45) is 0 Å². The van der Waals surface area contributed by atoms with Crippen LogP contribution in [0.5, 0.6) is 0 Å². The molecule has 0 aliphatic carbocycles. The average Bonchev–Trinajstić information content (AvgIpc) is 2.49. The molecule has 1 aliphatic rings. The van der Waals surface area contributed by atoms with Crippen molar-refractivity contribution < 1.29 is 8.42 Å². The van der Waals surface area contributed by atoms with E-state index in [0.29, 0.717) is 11.3 Å². The highest BCUT2D eigenvalue weighted by molar-refractivity contribution is 7.91. The zero-order valence-corrected chi connectivity index (χ0v) is 13.7. The molecule has 21 heavy (non-hydrogen) atoms. The Morgan fingerprint density at radius 1 is 1.10 bits per heavy atom. The lowest BCUT2D eigenvalue weighted by Crippen LogP contribution is -2.33. The van der Waals surface area contributed by atoms with Crippen LogP contribution in [-0.2, 0) is 9.84 Å². The highest BCUT2D eigenvalue weighted by Crippen LogP contribution is 2.16. The molecule has 4 nitrogen and oxygen atoms in total. The first-order valence-corrected chi connectivity index (χ1v) is 9.56. The quantitative estimate of drug-likeness (QED) is 0.841. The van der Waals surface area contributed by atoms with Gasteiger partial charge in [-0.15, -0.1) is 0 Å². The molecule has 0 aromatic heterocycles. The van der Waals surface area contributed by atoms with Gasteiger partial charge in [0.15, 0.2) is 9.84 Å². The van der Waals surface area contributed by atoms with Gasteiger partial charge in [-0.3, -0.25) is 0 Å². The van der Waals surface area contributed by atoms with Crippen molar-refractivity contribution in [3.05, 3.63) is 24.3 Å². The van der Waals surface area contributed by atoms with Gasteiger partial charge in [0.1, 0.15) is 0 Å². The van der Waals surface area contributed by atoms with Gasteiger partial charge >= 0.3 is 0 Å². The van der Waals surface area contributed by atoms with E-state index in [2.05, 4.69) is 10.2 Å². The molecule has 0 radical (unpaired) electrons. The molecule has 2 rings (SSSR count). The normalized spacial score (nSPS) is 16.8. The number of likely N-dealkylation sites (tertiary alicyclic amines) is 1. The second-order valence-electron chi connectivity index (χ2n) is 5.67. The van der Waals surface area contributed by atoms with E-state index >= 15 is 0 Å². The van der Waals surface area contributed by atoms with Gasteiger partial charge in [0.05, 0.1) is 10.6 Å². The summed E-state index contributed by atoms with van der Waals surface area (Å²) in [5.74, 6) is 0.217. The third-order valence-corrected chi connectivity index (χ3v) is 5.83. The molecular formula is C16H26N2O2S. The van der Waals surface area contributed by atoms with Crippen LogP contribution in [0.15, 0.2) is 29.2 Å². The maximum atomic E-state index is 11.9. The van der Waals surface area contributed by atoms with Gasteiger partial charge in [0, 0.05) is 18.8 Å². The molecule has 1 aromatic rings. The van der Waals surface area contributed by atoms with Crippen molar-refractivity contribution >= 4 is 15.5 Å². The third-order valence-electron chi connectivity index (χ3n) is 3.89. The molecule has 1 saturated heterocycles. The number of nitrogens with one attached hydrogen (secondary N) is 1. The summed E-state index contributed by atoms with van der Waals surface area (Å²) in [6.45, 7) is 6.25. The van der Waals surface area contributed by atoms with Crippen molar-refractivity contribution in [3.8, 4) is 0 Å². The predicted molar refractivity (Wildman–Crippen MR) is 87.6 cm³/mol. The van der Waals surface area contributed by atoms with Crippen molar-refractivity contribution in [3.63, 3.8) is 0 Å². The Labute approximate surface area is 128 Å². The summed E-state index contributed by atoms with van der Waals surface area (Å²) in [6, 6.07) is 7.12. The number of nitrogens with zero attached hydrogens (tertiary/aromatic N) is 1. The fourth-order valence-corrected chi connectivity index (χ4v) is 4.03. The van der Waals surface area contributed by atoms with E-state index in [1.54, 1.807) is 12.1 Å². The van der Waals surface area contributed by atoms with E-state index in [9.17, 15) is 8.42 Å². The smallest absolute Gasteiger partial charge is 0.178 e. The number of benzene rings is 1. The molecule has 1 aromatic carbocycles. The predicted octanol–water partition coefficient (Wildman–Crippen LogP) is 2.77. The zero-order valence-electron chi connectivity index (χ0n) is 12.8. The fraction of sp³-hybridized carbons (Fsp3) is 0.625. The molecule has 0 atom stereocenters. The summed E-state index contributed by atoms with van der Waals surface area (Å²) >= 11 is 0. The second-order valence-corrected chi connectivity index (χ2v) is 7.78. The van der Waals surface area contributed by atoms with E-state index in [0.717, 1.165) is 18.8 Å². The van der Waals surface area contributed by atoms with E-state index in [-0.39, 0.29) is 5.75 Å². The van der Waals surface area contributed by atoms with Crippen LogP contribution < -0.4 is 5.32 Å². The van der Waals surface area contributed by atoms with Gasteiger partial charge in [0.25, 0.3) is 0 Å². The summed E-state index contributed by atoms with van der Waals surface area (Å²) in [6.07, 6.45) is 4.63. The minimum atomic E-state index is -3.10. The number of sulfone groups is 1. The number of hydrogen-bond donors (Lipinski definition) is 1. The minimum Gasteiger partial charge on any atom is -0.384 e. The first-order valence-electron chi connectivity index (χ1n) is 7.91. The number of anilines is 1. The monoisotopic (exact) mass is 310 g/mol. The van der Waals surface area contributed by atoms with Crippen molar-refractivity contribution in [1.82, 2.24) is 4.90 Å². The van der Waals surface area contributed by atoms with Crippen LogP contribution in [0.4, 0.5) is 5.69 Å². The molecule has 1 fully saturated rings. The van der Waals surface area contributed by atoms with Gasteiger partial charge < -0.3 is 10.2 Å². The van der Waals surface area contributed by atoms with Crippen molar-refractivity contribution in [1.29, 1.82) is 0 Å². The Bertz CT molecular complexity index is 520. The van der Waals surface area contributed by atoms with Crippen LogP contribution >= 0.6 is 0 Å². The lowest BCUT2D eigenvalue weighted by atomic mass is 10.1. The van der Waals surface area contributed by atoms with Crippen LogP contribution in [0.1, 0.15) is 32.6 Å². The Hall–Kier alpha value is -1.07. The standard InChI is InChI=1S/C16H26N2O2S/c1-2-14-21(19,20)16-8-6-15(7-9-16)17-10-13-18-11-4-3-5-12-18/h6-9,17H,2-5,10-14H2,1H3. The summed E-state index contributed by atoms with van der Waals surface area (Å²) < 4.78 is 23.9. The largest absolute Gasteiger partial charge is 0.384 e. The molecule has 1 heterocycles. The number of hydrogen-bond acceptors (Lipinski definition) is 4. The molecule has 118 valence electrons. The molecule has 1 aliphatic heterocycles. The maximum Gasteiger partial charge on any atom is 0.178 e. The summed E-state index contributed by atoms with van der Waals surface area (Å²) in [7, 11) is -3.10. The summed E-state index contributed by atoms with van der Waals surface area (Å²) in [5.41, 5.74) is 0.988. The first-order chi connectivity index (χ1) is 10.1. The maximum absolute atomic E-state index is 11.9. The molecule has 0 unspecified atom stereocenters. The summed E-state index contributed by atoms with van der Waals surface area (Å²) in [4.78, 5) is 2.90. The topological polar surface area (TPSA) is 49.4 Å². The average molecular weight is 310 g/mol. The van der Waals surface area contributed by atoms with Crippen LogP contribution in [-0.4, -0.2) is 45.2 Å². The highest BCUT2D eigenvalue weighted by atomic mass is 32.2. The Kier molecular flexibility index (Phi) is 6.06. The van der Waals surface area contributed by atoms with Crippen molar-refractivity contribution in [2.75, 3.05) is 37.2 Å². The Balaban J connectivity index is 1.82. The van der Waals surface area contributed by atoms with Crippen LogP contribution in [0.3, 0.4) is 0 Å². The minimum absolute atomic E-state index is 0.217. The van der Waals surface area contributed by atoms with E-state index in [4.69, 9.17) is 0 Å². The molecule has 0 spiro atoms. The van der Waals surface area contributed by atoms with E-state index < -0.39 is 9.84 Å². The van der Waals surface area contributed by atoms with Gasteiger partial charge in [-0.2, -0.15) is 0 Å². The van der Waals surface area contributed by atoms with Crippen LogP contribution in [0.2, 0.25) is 0 Å². The third kappa shape index (κ3) is 5.00. The summed E-state index contributed by atoms with van der Waals surface area (Å²) in [5, 5.41) is 3.37. The Morgan fingerprint density at radius 2 is 1.76 bits per heavy atom. The number of piperidine rings is 1. The van der Waals surface area contributed by atoms with Gasteiger partial charge in [-0.05, 0) is 56.6 Å². The van der Waals surface area contributed by atoms with E-state index in [1.807, 2.05) is 19.1 Å². The zero-order chi connectivity index (χ0) is 15.1.